The second kappa shape index (κ2) is 7.80. The third-order valence-electron chi connectivity index (χ3n) is 3.74. The summed E-state index contributed by atoms with van der Waals surface area (Å²) in [4.78, 5) is 24.8. The fourth-order valence-electron chi connectivity index (χ4n) is 2.63. The van der Waals surface area contributed by atoms with Gasteiger partial charge in [0.15, 0.2) is 0 Å². The van der Waals surface area contributed by atoms with Crippen LogP contribution in [0.2, 0.25) is 5.02 Å². The van der Waals surface area contributed by atoms with E-state index in [0.717, 1.165) is 10.2 Å². The number of methoxy groups -OCH3 is 1. The molecule has 0 saturated carbocycles. The van der Waals surface area contributed by atoms with Crippen LogP contribution in [0.1, 0.15) is 17.4 Å². The van der Waals surface area contributed by atoms with Gasteiger partial charge in [-0.05, 0) is 42.6 Å². The smallest absolute Gasteiger partial charge is 0.355 e. The number of fused-ring (bicyclic) bond motifs is 1. The Morgan fingerprint density at radius 3 is 2.81 bits per heavy atom. The lowest BCUT2D eigenvalue weighted by Gasteiger charge is -2.13. The third-order valence-corrected chi connectivity index (χ3v) is 4.83. The second-order valence-corrected chi connectivity index (χ2v) is 6.78. The molecule has 3 aromatic rings. The van der Waals surface area contributed by atoms with Crippen molar-refractivity contribution >= 4 is 50.7 Å². The minimum absolute atomic E-state index is 0.0377. The minimum atomic E-state index is -0.455. The molecule has 6 nitrogen and oxygen atoms in total. The van der Waals surface area contributed by atoms with E-state index in [0.29, 0.717) is 22.2 Å². The molecule has 1 N–H and O–H groups in total. The number of rotatable bonds is 6. The highest BCUT2D eigenvalue weighted by atomic mass is 35.5. The Hall–Kier alpha value is -2.51. The van der Waals surface area contributed by atoms with Gasteiger partial charge in [-0.15, -0.1) is 11.3 Å². The lowest BCUT2D eigenvalue weighted by atomic mass is 10.3. The Bertz CT molecular complexity index is 963. The first-order chi connectivity index (χ1) is 12.5. The van der Waals surface area contributed by atoms with Crippen molar-refractivity contribution in [2.24, 2.45) is 0 Å². The SMILES string of the molecule is CCOC(=O)c1cc2sccc2n1CC(=O)Nc1cc(Cl)ccc1OC. The summed E-state index contributed by atoms with van der Waals surface area (Å²) in [6.45, 7) is 1.97. The van der Waals surface area contributed by atoms with Gasteiger partial charge in [0.2, 0.25) is 5.91 Å². The van der Waals surface area contributed by atoms with Gasteiger partial charge in [0.1, 0.15) is 18.0 Å². The van der Waals surface area contributed by atoms with E-state index in [-0.39, 0.29) is 19.1 Å². The number of ether oxygens (including phenoxy) is 2. The maximum Gasteiger partial charge on any atom is 0.355 e. The zero-order valence-corrected chi connectivity index (χ0v) is 15.8. The van der Waals surface area contributed by atoms with E-state index in [1.54, 1.807) is 35.8 Å². The predicted octanol–water partition coefficient (Wildman–Crippen LogP) is 4.18. The lowest BCUT2D eigenvalue weighted by molar-refractivity contribution is -0.116. The number of hydrogen-bond acceptors (Lipinski definition) is 5. The first-order valence-electron chi connectivity index (χ1n) is 7.90. The molecule has 0 aliphatic rings. The Balaban J connectivity index is 1.87. The summed E-state index contributed by atoms with van der Waals surface area (Å²) in [7, 11) is 1.51. The van der Waals surface area contributed by atoms with E-state index in [1.807, 2.05) is 11.4 Å². The number of thiophene rings is 1. The topological polar surface area (TPSA) is 69.6 Å². The fourth-order valence-corrected chi connectivity index (χ4v) is 3.63. The predicted molar refractivity (Wildman–Crippen MR) is 102 cm³/mol. The molecule has 136 valence electrons. The Kier molecular flexibility index (Phi) is 5.49. The Morgan fingerprint density at radius 1 is 1.27 bits per heavy atom. The summed E-state index contributed by atoms with van der Waals surface area (Å²) in [6, 6.07) is 8.58. The lowest BCUT2D eigenvalue weighted by Crippen LogP contribution is -2.22. The molecule has 0 saturated heterocycles. The van der Waals surface area contributed by atoms with Gasteiger partial charge in [0.25, 0.3) is 0 Å². The van der Waals surface area contributed by atoms with Crippen LogP contribution in [0, 0.1) is 0 Å². The molecule has 3 rings (SSSR count). The Morgan fingerprint density at radius 2 is 2.08 bits per heavy atom. The molecule has 0 radical (unpaired) electrons. The fraction of sp³-hybridized carbons (Fsp3) is 0.222. The van der Waals surface area contributed by atoms with E-state index < -0.39 is 5.97 Å². The average Bonchev–Trinajstić information content (AvgIpc) is 3.18. The molecular formula is C18H17ClN2O4S. The summed E-state index contributed by atoms with van der Waals surface area (Å²) in [5.74, 6) is -0.259. The van der Waals surface area contributed by atoms with Gasteiger partial charge in [-0.25, -0.2) is 4.79 Å². The van der Waals surface area contributed by atoms with Crippen molar-refractivity contribution in [2.45, 2.75) is 13.5 Å². The van der Waals surface area contributed by atoms with Crippen LogP contribution < -0.4 is 10.1 Å². The zero-order valence-electron chi connectivity index (χ0n) is 14.2. The van der Waals surface area contributed by atoms with Gasteiger partial charge < -0.3 is 19.4 Å². The van der Waals surface area contributed by atoms with Crippen LogP contribution in [0.5, 0.6) is 5.75 Å². The normalized spacial score (nSPS) is 10.7. The number of esters is 1. The number of anilines is 1. The minimum Gasteiger partial charge on any atom is -0.495 e. The van der Waals surface area contributed by atoms with Crippen molar-refractivity contribution in [3.63, 3.8) is 0 Å². The molecule has 2 heterocycles. The molecule has 26 heavy (non-hydrogen) atoms. The number of nitrogens with zero attached hydrogens (tertiary/aromatic N) is 1. The maximum atomic E-state index is 12.6. The number of nitrogens with one attached hydrogen (secondary N) is 1. The zero-order chi connectivity index (χ0) is 18.7. The van der Waals surface area contributed by atoms with E-state index in [1.165, 1.54) is 18.4 Å². The molecule has 0 fully saturated rings. The molecule has 8 heteroatoms. The first kappa shape index (κ1) is 18.3. The summed E-state index contributed by atoms with van der Waals surface area (Å²) >= 11 is 7.49. The van der Waals surface area contributed by atoms with Crippen molar-refractivity contribution in [1.29, 1.82) is 0 Å². The van der Waals surface area contributed by atoms with Gasteiger partial charge in [0.05, 0.1) is 29.6 Å². The second-order valence-electron chi connectivity index (χ2n) is 5.40. The maximum absolute atomic E-state index is 12.6. The summed E-state index contributed by atoms with van der Waals surface area (Å²) in [6.07, 6.45) is 0. The van der Waals surface area contributed by atoms with Crippen molar-refractivity contribution in [3.05, 3.63) is 46.4 Å². The van der Waals surface area contributed by atoms with Gasteiger partial charge in [-0.3, -0.25) is 4.79 Å². The third kappa shape index (κ3) is 3.68. The summed E-state index contributed by atoms with van der Waals surface area (Å²) in [5.41, 5.74) is 1.63. The summed E-state index contributed by atoms with van der Waals surface area (Å²) < 4.78 is 12.9. The molecule has 0 atom stereocenters. The monoisotopic (exact) mass is 392 g/mol. The molecule has 0 bridgehead atoms. The van der Waals surface area contributed by atoms with Crippen molar-refractivity contribution in [1.82, 2.24) is 4.57 Å². The van der Waals surface area contributed by atoms with Crippen molar-refractivity contribution in [2.75, 3.05) is 19.0 Å². The van der Waals surface area contributed by atoms with Gasteiger partial charge >= 0.3 is 5.97 Å². The number of aromatic nitrogens is 1. The van der Waals surface area contributed by atoms with Crippen LogP contribution in [0.15, 0.2) is 35.7 Å². The van der Waals surface area contributed by atoms with Crippen LogP contribution >= 0.6 is 22.9 Å². The molecule has 0 spiro atoms. The number of hydrogen-bond donors (Lipinski definition) is 1. The molecule has 2 aromatic heterocycles. The Labute approximate surface area is 159 Å². The highest BCUT2D eigenvalue weighted by Gasteiger charge is 2.20. The van der Waals surface area contributed by atoms with E-state index in [2.05, 4.69) is 5.32 Å². The van der Waals surface area contributed by atoms with Gasteiger partial charge in [-0.2, -0.15) is 0 Å². The number of halogens is 1. The standard InChI is InChI=1S/C18H17ClN2O4S/c1-3-25-18(23)14-9-16-13(6-7-26-16)21(14)10-17(22)20-12-8-11(19)4-5-15(12)24-2/h4-9H,3,10H2,1-2H3,(H,20,22). The van der Waals surface area contributed by atoms with Gasteiger partial charge in [-0.1, -0.05) is 11.6 Å². The highest BCUT2D eigenvalue weighted by Crippen LogP contribution is 2.29. The molecule has 1 amide bonds. The van der Waals surface area contributed by atoms with E-state index >= 15 is 0 Å². The molecule has 0 aliphatic heterocycles. The van der Waals surface area contributed by atoms with Crippen molar-refractivity contribution in [3.8, 4) is 5.75 Å². The van der Waals surface area contributed by atoms with Crippen LogP contribution in [-0.4, -0.2) is 30.2 Å². The van der Waals surface area contributed by atoms with E-state index in [4.69, 9.17) is 21.1 Å². The number of carbonyl (C=O) groups excluding carboxylic acids is 2. The first-order valence-corrected chi connectivity index (χ1v) is 9.16. The number of benzene rings is 1. The van der Waals surface area contributed by atoms with Crippen molar-refractivity contribution < 1.29 is 19.1 Å². The molecule has 0 aliphatic carbocycles. The van der Waals surface area contributed by atoms with Crippen LogP contribution in [-0.2, 0) is 16.1 Å². The largest absolute Gasteiger partial charge is 0.495 e. The number of amides is 1. The van der Waals surface area contributed by atoms with Gasteiger partial charge in [0, 0.05) is 5.02 Å². The molecule has 1 aromatic carbocycles. The molecular weight excluding hydrogens is 376 g/mol. The highest BCUT2D eigenvalue weighted by molar-refractivity contribution is 7.17. The van der Waals surface area contributed by atoms with E-state index in [9.17, 15) is 9.59 Å². The quantitative estimate of drug-likeness (QED) is 0.639. The number of carbonyl (C=O) groups is 2. The molecule has 0 unspecified atom stereocenters. The van der Waals surface area contributed by atoms with Crippen LogP contribution in [0.25, 0.3) is 10.2 Å². The average molecular weight is 393 g/mol. The van der Waals surface area contributed by atoms with Crippen LogP contribution in [0.4, 0.5) is 5.69 Å². The summed E-state index contributed by atoms with van der Waals surface area (Å²) in [5, 5.41) is 5.17. The van der Waals surface area contributed by atoms with Crippen LogP contribution in [0.3, 0.4) is 0 Å².